The van der Waals surface area contributed by atoms with Crippen molar-refractivity contribution in [3.63, 3.8) is 0 Å². The SMILES string of the molecule is CCCNCC(=O)Nc1ccc(C(=O)O)c(OC)c1. The first-order valence-corrected chi connectivity index (χ1v) is 6.00. The Morgan fingerprint density at radius 3 is 2.68 bits per heavy atom. The Kier molecular flexibility index (Phi) is 5.81. The number of hydrogen-bond acceptors (Lipinski definition) is 4. The van der Waals surface area contributed by atoms with Crippen molar-refractivity contribution in [2.75, 3.05) is 25.5 Å². The van der Waals surface area contributed by atoms with E-state index < -0.39 is 5.97 Å². The molecule has 1 aromatic rings. The fourth-order valence-corrected chi connectivity index (χ4v) is 1.53. The maximum absolute atomic E-state index is 11.6. The minimum atomic E-state index is -1.07. The van der Waals surface area contributed by atoms with Crippen LogP contribution in [-0.2, 0) is 4.79 Å². The molecule has 0 saturated heterocycles. The summed E-state index contributed by atoms with van der Waals surface area (Å²) < 4.78 is 4.98. The van der Waals surface area contributed by atoms with Crippen LogP contribution in [0.2, 0.25) is 0 Å². The van der Waals surface area contributed by atoms with Gasteiger partial charge in [0, 0.05) is 11.8 Å². The van der Waals surface area contributed by atoms with Crippen LogP contribution in [0.3, 0.4) is 0 Å². The smallest absolute Gasteiger partial charge is 0.339 e. The van der Waals surface area contributed by atoms with Gasteiger partial charge in [-0.15, -0.1) is 0 Å². The second-order valence-electron chi connectivity index (χ2n) is 3.95. The van der Waals surface area contributed by atoms with Crippen LogP contribution in [0.1, 0.15) is 23.7 Å². The summed E-state index contributed by atoms with van der Waals surface area (Å²) in [5.74, 6) is -1.04. The third kappa shape index (κ3) is 4.59. The van der Waals surface area contributed by atoms with Crippen molar-refractivity contribution in [2.45, 2.75) is 13.3 Å². The van der Waals surface area contributed by atoms with Crippen LogP contribution < -0.4 is 15.4 Å². The van der Waals surface area contributed by atoms with E-state index in [1.807, 2.05) is 6.92 Å². The summed E-state index contributed by atoms with van der Waals surface area (Å²) in [5.41, 5.74) is 0.565. The summed E-state index contributed by atoms with van der Waals surface area (Å²) in [7, 11) is 1.39. The molecule has 0 aromatic heterocycles. The van der Waals surface area contributed by atoms with E-state index in [4.69, 9.17) is 9.84 Å². The standard InChI is InChI=1S/C13H18N2O4/c1-3-6-14-8-12(16)15-9-4-5-10(13(17)18)11(7-9)19-2/h4-5,7,14H,3,6,8H2,1-2H3,(H,15,16)(H,17,18). The van der Waals surface area contributed by atoms with Crippen molar-refractivity contribution >= 4 is 17.6 Å². The first-order valence-electron chi connectivity index (χ1n) is 6.00. The van der Waals surface area contributed by atoms with Gasteiger partial charge in [0.15, 0.2) is 0 Å². The van der Waals surface area contributed by atoms with E-state index in [9.17, 15) is 9.59 Å². The second kappa shape index (κ2) is 7.38. The fraction of sp³-hybridized carbons (Fsp3) is 0.385. The number of anilines is 1. The predicted octanol–water partition coefficient (Wildman–Crippen LogP) is 1.33. The number of aromatic carboxylic acids is 1. The molecule has 0 fully saturated rings. The molecule has 0 aliphatic heterocycles. The Labute approximate surface area is 111 Å². The third-order valence-corrected chi connectivity index (χ3v) is 2.43. The zero-order chi connectivity index (χ0) is 14.3. The molecular formula is C13H18N2O4. The van der Waals surface area contributed by atoms with E-state index in [1.165, 1.54) is 25.3 Å². The number of carboxylic acids is 1. The largest absolute Gasteiger partial charge is 0.496 e. The van der Waals surface area contributed by atoms with E-state index >= 15 is 0 Å². The zero-order valence-electron chi connectivity index (χ0n) is 11.0. The molecule has 1 aromatic carbocycles. The van der Waals surface area contributed by atoms with E-state index in [2.05, 4.69) is 10.6 Å². The minimum absolute atomic E-state index is 0.0598. The van der Waals surface area contributed by atoms with Crippen LogP contribution in [-0.4, -0.2) is 37.2 Å². The summed E-state index contributed by atoms with van der Waals surface area (Å²) in [6.07, 6.45) is 0.953. The van der Waals surface area contributed by atoms with Gasteiger partial charge in [0.1, 0.15) is 11.3 Å². The lowest BCUT2D eigenvalue weighted by Crippen LogP contribution is -2.28. The van der Waals surface area contributed by atoms with Gasteiger partial charge in [-0.05, 0) is 25.1 Å². The molecule has 6 heteroatoms. The highest BCUT2D eigenvalue weighted by Crippen LogP contribution is 2.23. The zero-order valence-corrected chi connectivity index (χ0v) is 11.0. The lowest BCUT2D eigenvalue weighted by Gasteiger charge is -2.09. The lowest BCUT2D eigenvalue weighted by molar-refractivity contribution is -0.115. The number of nitrogens with one attached hydrogen (secondary N) is 2. The molecule has 0 atom stereocenters. The van der Waals surface area contributed by atoms with Crippen LogP contribution in [0.4, 0.5) is 5.69 Å². The van der Waals surface area contributed by atoms with E-state index in [-0.39, 0.29) is 23.8 Å². The molecule has 0 aliphatic rings. The molecule has 104 valence electrons. The highest BCUT2D eigenvalue weighted by atomic mass is 16.5. The van der Waals surface area contributed by atoms with Crippen molar-refractivity contribution in [1.82, 2.24) is 5.32 Å². The third-order valence-electron chi connectivity index (χ3n) is 2.43. The molecule has 1 amide bonds. The van der Waals surface area contributed by atoms with Crippen LogP contribution >= 0.6 is 0 Å². The Morgan fingerprint density at radius 1 is 1.37 bits per heavy atom. The quantitative estimate of drug-likeness (QED) is 0.648. The number of hydrogen-bond donors (Lipinski definition) is 3. The molecule has 1 rings (SSSR count). The van der Waals surface area contributed by atoms with E-state index in [1.54, 1.807) is 0 Å². The number of benzene rings is 1. The fourth-order valence-electron chi connectivity index (χ4n) is 1.53. The normalized spacial score (nSPS) is 10.0. The first kappa shape index (κ1) is 15.0. The van der Waals surface area contributed by atoms with Gasteiger partial charge >= 0.3 is 5.97 Å². The highest BCUT2D eigenvalue weighted by Gasteiger charge is 2.12. The van der Waals surface area contributed by atoms with Gasteiger partial charge in [-0.1, -0.05) is 6.92 Å². The van der Waals surface area contributed by atoms with Crippen molar-refractivity contribution < 1.29 is 19.4 Å². The molecule has 0 spiro atoms. The summed E-state index contributed by atoms with van der Waals surface area (Å²) >= 11 is 0. The van der Waals surface area contributed by atoms with Crippen molar-refractivity contribution in [2.24, 2.45) is 0 Å². The van der Waals surface area contributed by atoms with E-state index in [0.29, 0.717) is 5.69 Å². The molecular weight excluding hydrogens is 248 g/mol. The van der Waals surface area contributed by atoms with Gasteiger partial charge < -0.3 is 20.5 Å². The maximum Gasteiger partial charge on any atom is 0.339 e. The van der Waals surface area contributed by atoms with E-state index in [0.717, 1.165) is 13.0 Å². The average Bonchev–Trinajstić information content (AvgIpc) is 2.38. The molecule has 0 unspecified atom stereocenters. The van der Waals surface area contributed by atoms with Crippen molar-refractivity contribution in [3.8, 4) is 5.75 Å². The number of carbonyl (C=O) groups is 2. The van der Waals surface area contributed by atoms with Crippen molar-refractivity contribution in [3.05, 3.63) is 23.8 Å². The summed E-state index contributed by atoms with van der Waals surface area (Å²) in [6, 6.07) is 4.42. The molecule has 6 nitrogen and oxygen atoms in total. The molecule has 0 radical (unpaired) electrons. The van der Waals surface area contributed by atoms with Crippen molar-refractivity contribution in [1.29, 1.82) is 0 Å². The Hall–Kier alpha value is -2.08. The summed E-state index contributed by atoms with van der Waals surface area (Å²) in [5, 5.41) is 14.6. The second-order valence-corrected chi connectivity index (χ2v) is 3.95. The molecule has 3 N–H and O–H groups in total. The van der Waals surface area contributed by atoms with Gasteiger partial charge in [-0.3, -0.25) is 4.79 Å². The topological polar surface area (TPSA) is 87.7 Å². The number of methoxy groups -OCH3 is 1. The molecule has 19 heavy (non-hydrogen) atoms. The average molecular weight is 266 g/mol. The Balaban J connectivity index is 2.69. The number of carboxylic acid groups (broad SMARTS) is 1. The first-order chi connectivity index (χ1) is 9.08. The predicted molar refractivity (Wildman–Crippen MR) is 71.7 cm³/mol. The van der Waals surface area contributed by atoms with Gasteiger partial charge in [0.2, 0.25) is 5.91 Å². The van der Waals surface area contributed by atoms with Crippen LogP contribution in [0.5, 0.6) is 5.75 Å². The maximum atomic E-state index is 11.6. The molecule has 0 saturated carbocycles. The molecule has 0 aliphatic carbocycles. The van der Waals surface area contributed by atoms with Crippen LogP contribution in [0.15, 0.2) is 18.2 Å². The Bertz CT molecular complexity index is 460. The van der Waals surface area contributed by atoms with Gasteiger partial charge in [0.25, 0.3) is 0 Å². The minimum Gasteiger partial charge on any atom is -0.496 e. The number of rotatable bonds is 7. The Morgan fingerprint density at radius 2 is 2.11 bits per heavy atom. The number of ether oxygens (including phenoxy) is 1. The summed E-state index contributed by atoms with van der Waals surface area (Å²) in [6.45, 7) is 3.01. The van der Waals surface area contributed by atoms with Gasteiger partial charge in [0.05, 0.1) is 13.7 Å². The number of amides is 1. The lowest BCUT2D eigenvalue weighted by atomic mass is 10.2. The monoisotopic (exact) mass is 266 g/mol. The van der Waals surface area contributed by atoms with Gasteiger partial charge in [-0.2, -0.15) is 0 Å². The van der Waals surface area contributed by atoms with Gasteiger partial charge in [-0.25, -0.2) is 4.79 Å². The van der Waals surface area contributed by atoms with Crippen LogP contribution in [0, 0.1) is 0 Å². The molecule has 0 bridgehead atoms. The van der Waals surface area contributed by atoms with Crippen LogP contribution in [0.25, 0.3) is 0 Å². The molecule has 0 heterocycles. The summed E-state index contributed by atoms with van der Waals surface area (Å²) in [4.78, 5) is 22.5. The highest BCUT2D eigenvalue weighted by molar-refractivity contribution is 5.95. The number of carbonyl (C=O) groups excluding carboxylic acids is 1.